The van der Waals surface area contributed by atoms with Gasteiger partial charge in [0.05, 0.1) is 6.04 Å². The van der Waals surface area contributed by atoms with Crippen LogP contribution in [0.4, 0.5) is 10.5 Å². The Balaban J connectivity index is 1.33. The molecule has 2 fully saturated rings. The fourth-order valence-corrected chi connectivity index (χ4v) is 6.24. The summed E-state index contributed by atoms with van der Waals surface area (Å²) < 4.78 is 5.61. The molecule has 210 valence electrons. The standard InChI is InChI=1S/C33H39N3O4/c1-19-15-16-22(17-25(19)29(37)34-20(2)23-14-10-12-21-11-8-9-13-24(21)23)35-30(38)28-27-26(33(27,6)7)18-36(28)31(39)40-32(3,4)5/h8-17,20,26-28H,18H2,1-7H3,(H,34,37)(H,35,38)/t20-,26+,27?,28+/m1/s1. The largest absolute Gasteiger partial charge is 0.444 e. The highest BCUT2D eigenvalue weighted by Crippen LogP contribution is 2.65. The predicted molar refractivity (Wildman–Crippen MR) is 157 cm³/mol. The molecule has 7 heteroatoms. The van der Waals surface area contributed by atoms with E-state index in [1.54, 1.807) is 17.0 Å². The smallest absolute Gasteiger partial charge is 0.410 e. The van der Waals surface area contributed by atoms with Crippen molar-refractivity contribution in [3.8, 4) is 0 Å². The number of rotatable bonds is 5. The van der Waals surface area contributed by atoms with Crippen molar-refractivity contribution in [3.63, 3.8) is 0 Å². The number of nitrogens with zero attached hydrogens (tertiary/aromatic N) is 1. The Kier molecular flexibility index (Phi) is 6.89. The molecule has 5 rings (SSSR count). The number of aryl methyl sites for hydroxylation is 1. The highest BCUT2D eigenvalue weighted by molar-refractivity contribution is 6.01. The summed E-state index contributed by atoms with van der Waals surface area (Å²) in [5, 5.41) is 8.34. The van der Waals surface area contributed by atoms with Crippen molar-refractivity contribution in [2.24, 2.45) is 17.3 Å². The minimum absolute atomic E-state index is 0.0173. The van der Waals surface area contributed by atoms with Crippen LogP contribution in [0.2, 0.25) is 0 Å². The van der Waals surface area contributed by atoms with Gasteiger partial charge in [-0.1, -0.05) is 62.4 Å². The summed E-state index contributed by atoms with van der Waals surface area (Å²) in [4.78, 5) is 41.5. The first-order valence-corrected chi connectivity index (χ1v) is 14.0. The molecule has 0 aromatic heterocycles. The lowest BCUT2D eigenvalue weighted by molar-refractivity contribution is -0.121. The van der Waals surface area contributed by atoms with Crippen molar-refractivity contribution in [1.82, 2.24) is 10.2 Å². The molecule has 1 heterocycles. The zero-order valence-corrected chi connectivity index (χ0v) is 24.4. The Morgan fingerprint density at radius 3 is 2.45 bits per heavy atom. The zero-order chi connectivity index (χ0) is 29.0. The molecule has 2 aliphatic rings. The summed E-state index contributed by atoms with van der Waals surface area (Å²) in [6, 6.07) is 18.7. The molecule has 7 nitrogen and oxygen atoms in total. The number of benzene rings is 3. The van der Waals surface area contributed by atoms with E-state index in [1.807, 2.05) is 65.0 Å². The summed E-state index contributed by atoms with van der Waals surface area (Å²) in [5.74, 6) is -0.155. The van der Waals surface area contributed by atoms with E-state index in [9.17, 15) is 14.4 Å². The fourth-order valence-electron chi connectivity index (χ4n) is 6.24. The van der Waals surface area contributed by atoms with Gasteiger partial charge in [0.25, 0.3) is 5.91 Å². The average Bonchev–Trinajstić information content (AvgIpc) is 3.21. The molecule has 1 aliphatic heterocycles. The fraction of sp³-hybridized carbons (Fsp3) is 0.424. The van der Waals surface area contributed by atoms with Crippen LogP contribution in [-0.4, -0.2) is 41.0 Å². The lowest BCUT2D eigenvalue weighted by atomic mass is 9.99. The molecular formula is C33H39N3O4. The van der Waals surface area contributed by atoms with Crippen molar-refractivity contribution in [2.45, 2.75) is 66.2 Å². The molecule has 1 aliphatic carbocycles. The van der Waals surface area contributed by atoms with Gasteiger partial charge < -0.3 is 15.4 Å². The third-order valence-electron chi connectivity index (χ3n) is 8.49. The summed E-state index contributed by atoms with van der Waals surface area (Å²) in [7, 11) is 0. The molecule has 1 saturated heterocycles. The topological polar surface area (TPSA) is 87.7 Å². The van der Waals surface area contributed by atoms with Gasteiger partial charge in [-0.05, 0) is 85.9 Å². The van der Waals surface area contributed by atoms with Crippen LogP contribution in [0.1, 0.15) is 69.1 Å². The van der Waals surface area contributed by atoms with Crippen LogP contribution >= 0.6 is 0 Å². The lowest BCUT2D eigenvalue weighted by Gasteiger charge is -2.32. The number of anilines is 1. The van der Waals surface area contributed by atoms with Crippen LogP contribution in [0.15, 0.2) is 60.7 Å². The second kappa shape index (κ2) is 9.95. The number of hydrogen-bond acceptors (Lipinski definition) is 4. The van der Waals surface area contributed by atoms with E-state index < -0.39 is 17.7 Å². The maximum atomic E-state index is 13.6. The molecule has 0 spiro atoms. The molecule has 3 aromatic carbocycles. The molecule has 1 unspecified atom stereocenters. The Labute approximate surface area is 236 Å². The van der Waals surface area contributed by atoms with Gasteiger partial charge in [0.15, 0.2) is 0 Å². The van der Waals surface area contributed by atoms with Crippen molar-refractivity contribution in [2.75, 3.05) is 11.9 Å². The molecule has 40 heavy (non-hydrogen) atoms. The second-order valence-electron chi connectivity index (χ2n) is 12.8. The summed E-state index contributed by atoms with van der Waals surface area (Å²) in [6.45, 7) is 14.1. The van der Waals surface area contributed by atoms with Gasteiger partial charge in [0, 0.05) is 17.8 Å². The SMILES string of the molecule is Cc1ccc(NC(=O)[C@@H]2C3[C@H](CN2C(=O)OC(C)(C)C)C3(C)C)cc1C(=O)N[C@H](C)c1cccc2ccccc12. The number of carbonyl (C=O) groups is 3. The highest BCUT2D eigenvalue weighted by Gasteiger charge is 2.69. The van der Waals surface area contributed by atoms with E-state index in [2.05, 4.69) is 42.7 Å². The van der Waals surface area contributed by atoms with E-state index in [1.165, 1.54) is 0 Å². The maximum Gasteiger partial charge on any atom is 0.410 e. The van der Waals surface area contributed by atoms with E-state index in [0.717, 1.165) is 21.9 Å². The minimum Gasteiger partial charge on any atom is -0.444 e. The van der Waals surface area contributed by atoms with Crippen LogP contribution in [-0.2, 0) is 9.53 Å². The van der Waals surface area contributed by atoms with E-state index >= 15 is 0 Å². The lowest BCUT2D eigenvalue weighted by Crippen LogP contribution is -2.49. The molecule has 1 saturated carbocycles. The van der Waals surface area contributed by atoms with Gasteiger partial charge in [-0.25, -0.2) is 4.79 Å². The van der Waals surface area contributed by atoms with Crippen LogP contribution < -0.4 is 10.6 Å². The first-order chi connectivity index (χ1) is 18.8. The van der Waals surface area contributed by atoms with Crippen molar-refractivity contribution < 1.29 is 19.1 Å². The maximum absolute atomic E-state index is 13.6. The van der Waals surface area contributed by atoms with Crippen LogP contribution in [0.25, 0.3) is 10.8 Å². The van der Waals surface area contributed by atoms with Gasteiger partial charge >= 0.3 is 6.09 Å². The molecular weight excluding hydrogens is 502 g/mol. The van der Waals surface area contributed by atoms with Gasteiger partial charge in [-0.15, -0.1) is 0 Å². The number of likely N-dealkylation sites (tertiary alicyclic amines) is 1. The van der Waals surface area contributed by atoms with E-state index in [4.69, 9.17) is 4.74 Å². The van der Waals surface area contributed by atoms with Gasteiger partial charge in [0.1, 0.15) is 11.6 Å². The van der Waals surface area contributed by atoms with Crippen molar-refractivity contribution in [1.29, 1.82) is 0 Å². The molecule has 3 aromatic rings. The number of fused-ring (bicyclic) bond motifs is 2. The minimum atomic E-state index is -0.650. The Morgan fingerprint density at radius 2 is 1.73 bits per heavy atom. The van der Waals surface area contributed by atoms with Crippen LogP contribution in [0.3, 0.4) is 0 Å². The van der Waals surface area contributed by atoms with Crippen molar-refractivity contribution >= 4 is 34.4 Å². The molecule has 4 atom stereocenters. The van der Waals surface area contributed by atoms with Crippen molar-refractivity contribution in [3.05, 3.63) is 77.4 Å². The number of piperidine rings is 1. The third kappa shape index (κ3) is 5.17. The summed E-state index contributed by atoms with van der Waals surface area (Å²) in [5.41, 5.74) is 2.19. The number of hydrogen-bond donors (Lipinski definition) is 2. The first-order valence-electron chi connectivity index (χ1n) is 14.0. The average molecular weight is 542 g/mol. The molecule has 0 bridgehead atoms. The number of amides is 3. The quantitative estimate of drug-likeness (QED) is 0.388. The third-order valence-corrected chi connectivity index (χ3v) is 8.49. The number of nitrogens with one attached hydrogen (secondary N) is 2. The van der Waals surface area contributed by atoms with Gasteiger partial charge in [0.2, 0.25) is 5.91 Å². The Morgan fingerprint density at radius 1 is 1.02 bits per heavy atom. The Hall–Kier alpha value is -3.87. The predicted octanol–water partition coefficient (Wildman–Crippen LogP) is 6.47. The summed E-state index contributed by atoms with van der Waals surface area (Å²) >= 11 is 0. The summed E-state index contributed by atoms with van der Waals surface area (Å²) in [6.07, 6.45) is -0.470. The Bertz CT molecular complexity index is 1480. The van der Waals surface area contributed by atoms with E-state index in [0.29, 0.717) is 17.8 Å². The van der Waals surface area contributed by atoms with E-state index in [-0.39, 0.29) is 35.1 Å². The number of ether oxygens (including phenoxy) is 1. The monoisotopic (exact) mass is 541 g/mol. The number of carbonyl (C=O) groups excluding carboxylic acids is 3. The second-order valence-corrected chi connectivity index (χ2v) is 12.8. The molecule has 3 amide bonds. The molecule has 2 N–H and O–H groups in total. The van der Waals surface area contributed by atoms with Gasteiger partial charge in [-0.2, -0.15) is 0 Å². The van der Waals surface area contributed by atoms with Crippen LogP contribution in [0, 0.1) is 24.2 Å². The highest BCUT2D eigenvalue weighted by atomic mass is 16.6. The first kappa shape index (κ1) is 27.7. The zero-order valence-electron chi connectivity index (χ0n) is 24.4. The molecule has 0 radical (unpaired) electrons. The van der Waals surface area contributed by atoms with Crippen LogP contribution in [0.5, 0.6) is 0 Å². The van der Waals surface area contributed by atoms with Gasteiger partial charge in [-0.3, -0.25) is 14.5 Å². The normalized spacial score (nSPS) is 21.9.